The van der Waals surface area contributed by atoms with Crippen molar-refractivity contribution in [1.82, 2.24) is 29.8 Å². The maximum absolute atomic E-state index is 12.5. The standard InChI is InChI=1S/C20H23N7O3.C6H5F/c1-3-21-19(29)15-11-22-16-6-7-17(24-27(15)16)26-10-8-13(12-26)23-18(28)14-5-4-9-25(2)20(14)30;7-6-4-2-1-3-5-6/h4-7,9,11,13H,3,8,10,12H2,1-2H3,(H,21,29)(H,23,28);1-5H/t13-;/m0./s1. The van der Waals surface area contributed by atoms with Crippen molar-refractivity contribution in [3.63, 3.8) is 0 Å². The number of hydrogen-bond donors (Lipinski definition) is 2. The Hall–Kier alpha value is -4.54. The Morgan fingerprint density at radius 3 is 2.57 bits per heavy atom. The lowest BCUT2D eigenvalue weighted by Crippen LogP contribution is -2.40. The molecule has 1 atom stereocenters. The van der Waals surface area contributed by atoms with Crippen molar-refractivity contribution < 1.29 is 14.0 Å². The minimum Gasteiger partial charge on any atom is -0.353 e. The monoisotopic (exact) mass is 505 g/mol. The molecule has 3 aromatic heterocycles. The van der Waals surface area contributed by atoms with Crippen LogP contribution in [0.3, 0.4) is 0 Å². The van der Waals surface area contributed by atoms with Crippen molar-refractivity contribution in [2.24, 2.45) is 7.05 Å². The second-order valence-electron chi connectivity index (χ2n) is 8.50. The average molecular weight is 506 g/mol. The number of rotatable bonds is 5. The molecule has 1 saturated heterocycles. The third-order valence-electron chi connectivity index (χ3n) is 5.87. The molecule has 4 aromatic rings. The summed E-state index contributed by atoms with van der Waals surface area (Å²) in [5.41, 5.74) is 0.764. The summed E-state index contributed by atoms with van der Waals surface area (Å²) < 4.78 is 14.8. The van der Waals surface area contributed by atoms with Crippen LogP contribution in [-0.2, 0) is 7.05 Å². The number of nitrogens with zero attached hydrogens (tertiary/aromatic N) is 5. The van der Waals surface area contributed by atoms with E-state index in [1.165, 1.54) is 33.5 Å². The molecule has 37 heavy (non-hydrogen) atoms. The van der Waals surface area contributed by atoms with Crippen molar-refractivity contribution in [1.29, 1.82) is 0 Å². The predicted octanol–water partition coefficient (Wildman–Crippen LogP) is 2.01. The number of imidazole rings is 1. The van der Waals surface area contributed by atoms with Crippen LogP contribution >= 0.6 is 0 Å². The molecule has 1 aromatic carbocycles. The van der Waals surface area contributed by atoms with Crippen LogP contribution in [0.2, 0.25) is 0 Å². The molecule has 192 valence electrons. The second kappa shape index (κ2) is 11.5. The number of halogens is 1. The quantitative estimate of drug-likeness (QED) is 0.429. The van der Waals surface area contributed by atoms with E-state index >= 15 is 0 Å². The topological polar surface area (TPSA) is 114 Å². The zero-order valence-corrected chi connectivity index (χ0v) is 20.6. The highest BCUT2D eigenvalue weighted by atomic mass is 19.1. The minimum atomic E-state index is -0.375. The first-order valence-corrected chi connectivity index (χ1v) is 11.9. The smallest absolute Gasteiger partial charge is 0.271 e. The first-order valence-electron chi connectivity index (χ1n) is 11.9. The van der Waals surface area contributed by atoms with Gasteiger partial charge in [0.25, 0.3) is 17.4 Å². The Balaban J connectivity index is 0.000000396. The summed E-state index contributed by atoms with van der Waals surface area (Å²) in [5.74, 6) is -0.0915. The summed E-state index contributed by atoms with van der Waals surface area (Å²) in [4.78, 5) is 43.1. The highest BCUT2D eigenvalue weighted by molar-refractivity contribution is 5.94. The van der Waals surface area contributed by atoms with Crippen LogP contribution in [0.15, 0.2) is 71.8 Å². The van der Waals surface area contributed by atoms with E-state index in [4.69, 9.17) is 0 Å². The van der Waals surface area contributed by atoms with Crippen molar-refractivity contribution in [2.45, 2.75) is 19.4 Å². The number of aromatic nitrogens is 4. The third-order valence-corrected chi connectivity index (χ3v) is 5.87. The van der Waals surface area contributed by atoms with Crippen LogP contribution in [0.5, 0.6) is 0 Å². The van der Waals surface area contributed by atoms with E-state index in [1.54, 1.807) is 37.5 Å². The van der Waals surface area contributed by atoms with Crippen LogP contribution in [-0.4, -0.2) is 56.7 Å². The number of benzene rings is 1. The molecule has 1 aliphatic heterocycles. The zero-order valence-electron chi connectivity index (χ0n) is 20.6. The Bertz CT molecular complexity index is 1450. The van der Waals surface area contributed by atoms with Crippen LogP contribution in [0.4, 0.5) is 10.2 Å². The lowest BCUT2D eigenvalue weighted by molar-refractivity contribution is 0.0933. The van der Waals surface area contributed by atoms with E-state index in [9.17, 15) is 18.8 Å². The van der Waals surface area contributed by atoms with E-state index in [0.717, 1.165) is 6.42 Å². The van der Waals surface area contributed by atoms with Gasteiger partial charge in [-0.15, -0.1) is 5.10 Å². The normalized spacial score (nSPS) is 14.7. The molecule has 10 nitrogen and oxygen atoms in total. The van der Waals surface area contributed by atoms with Crippen LogP contribution < -0.4 is 21.1 Å². The van der Waals surface area contributed by atoms with Crippen molar-refractivity contribution in [3.05, 3.63) is 94.4 Å². The van der Waals surface area contributed by atoms with Gasteiger partial charge in [0.1, 0.15) is 17.2 Å². The summed E-state index contributed by atoms with van der Waals surface area (Å²) in [7, 11) is 1.61. The summed E-state index contributed by atoms with van der Waals surface area (Å²) in [6, 6.07) is 14.7. The summed E-state index contributed by atoms with van der Waals surface area (Å²) in [5, 5.41) is 10.3. The van der Waals surface area contributed by atoms with Crippen molar-refractivity contribution in [2.75, 3.05) is 24.5 Å². The zero-order chi connectivity index (χ0) is 26.4. The van der Waals surface area contributed by atoms with Gasteiger partial charge in [0.05, 0.1) is 6.20 Å². The lowest BCUT2D eigenvalue weighted by atomic mass is 10.2. The fourth-order valence-electron chi connectivity index (χ4n) is 3.97. The van der Waals surface area contributed by atoms with Gasteiger partial charge < -0.3 is 20.1 Å². The maximum atomic E-state index is 12.5. The largest absolute Gasteiger partial charge is 0.353 e. The number of amides is 2. The van der Waals surface area contributed by atoms with Gasteiger partial charge in [0, 0.05) is 38.9 Å². The number of pyridine rings is 1. The minimum absolute atomic E-state index is 0.106. The van der Waals surface area contributed by atoms with Gasteiger partial charge in [0.2, 0.25) is 0 Å². The van der Waals surface area contributed by atoms with Crippen molar-refractivity contribution >= 4 is 23.3 Å². The molecule has 0 spiro atoms. The molecule has 2 amide bonds. The molecule has 1 fully saturated rings. The Morgan fingerprint density at radius 1 is 1.08 bits per heavy atom. The molecule has 0 radical (unpaired) electrons. The Kier molecular flexibility index (Phi) is 7.92. The van der Waals surface area contributed by atoms with Gasteiger partial charge in [-0.1, -0.05) is 18.2 Å². The van der Waals surface area contributed by atoms with E-state index < -0.39 is 0 Å². The SMILES string of the molecule is CCNC(=O)c1cnc2ccc(N3CC[C@H](NC(=O)c4cccn(C)c4=O)C3)nn12.Fc1ccccc1. The number of anilines is 1. The summed E-state index contributed by atoms with van der Waals surface area (Å²) >= 11 is 0. The molecule has 11 heteroatoms. The summed E-state index contributed by atoms with van der Waals surface area (Å²) in [6.45, 7) is 3.62. The van der Waals surface area contributed by atoms with Gasteiger partial charge in [-0.2, -0.15) is 0 Å². The number of aryl methyl sites for hydroxylation is 1. The van der Waals surface area contributed by atoms with Crippen LogP contribution in [0, 0.1) is 5.82 Å². The number of hydrogen-bond acceptors (Lipinski definition) is 6. The third kappa shape index (κ3) is 6.00. The van der Waals surface area contributed by atoms with Crippen LogP contribution in [0.1, 0.15) is 34.2 Å². The highest BCUT2D eigenvalue weighted by Gasteiger charge is 2.26. The molecule has 0 bridgehead atoms. The van der Waals surface area contributed by atoms with Crippen molar-refractivity contribution in [3.8, 4) is 0 Å². The lowest BCUT2D eigenvalue weighted by Gasteiger charge is -2.18. The first kappa shape index (κ1) is 25.5. The molecule has 2 N–H and O–H groups in total. The summed E-state index contributed by atoms with van der Waals surface area (Å²) in [6.07, 6.45) is 3.85. The molecule has 0 saturated carbocycles. The highest BCUT2D eigenvalue weighted by Crippen LogP contribution is 2.19. The number of carbonyl (C=O) groups is 2. The van der Waals surface area contributed by atoms with Gasteiger partial charge >= 0.3 is 0 Å². The Morgan fingerprint density at radius 2 is 1.86 bits per heavy atom. The van der Waals surface area contributed by atoms with Crippen LogP contribution in [0.25, 0.3) is 5.65 Å². The fourth-order valence-corrected chi connectivity index (χ4v) is 3.97. The van der Waals surface area contributed by atoms with Gasteiger partial charge in [-0.25, -0.2) is 13.9 Å². The second-order valence-corrected chi connectivity index (χ2v) is 8.50. The average Bonchev–Trinajstić information content (AvgIpc) is 3.53. The predicted molar refractivity (Wildman–Crippen MR) is 137 cm³/mol. The molecule has 1 aliphatic rings. The van der Waals surface area contributed by atoms with E-state index in [-0.39, 0.29) is 34.8 Å². The fraction of sp³-hybridized carbons (Fsp3) is 0.269. The molecular formula is C26H28FN7O3. The number of fused-ring (bicyclic) bond motifs is 1. The molecule has 0 aliphatic carbocycles. The molecule has 4 heterocycles. The molecule has 0 unspecified atom stereocenters. The number of nitrogens with one attached hydrogen (secondary N) is 2. The first-order chi connectivity index (χ1) is 17.9. The Labute approximate surface area is 212 Å². The number of carbonyl (C=O) groups excluding carboxylic acids is 2. The van der Waals surface area contributed by atoms with E-state index in [0.29, 0.717) is 36.8 Å². The van der Waals surface area contributed by atoms with Gasteiger partial charge in [-0.3, -0.25) is 14.4 Å². The van der Waals surface area contributed by atoms with Gasteiger partial charge in [-0.05, 0) is 49.7 Å². The van der Waals surface area contributed by atoms with E-state index in [1.807, 2.05) is 24.0 Å². The maximum Gasteiger partial charge on any atom is 0.271 e. The van der Waals surface area contributed by atoms with Gasteiger partial charge in [0.15, 0.2) is 11.3 Å². The molecular weight excluding hydrogens is 477 g/mol. The van der Waals surface area contributed by atoms with E-state index in [2.05, 4.69) is 20.7 Å². The molecule has 5 rings (SSSR count).